The van der Waals surface area contributed by atoms with Crippen molar-refractivity contribution < 1.29 is 13.6 Å². The van der Waals surface area contributed by atoms with Gasteiger partial charge in [-0.1, -0.05) is 35.3 Å². The fraction of sp³-hybridized carbons (Fsp3) is 0.0476. The minimum absolute atomic E-state index is 0.160. The number of hydrogen-bond donors (Lipinski definition) is 1. The maximum Gasteiger partial charge on any atom is 0.228 e. The number of aromatic nitrogens is 1. The zero-order valence-corrected chi connectivity index (χ0v) is 15.9. The highest BCUT2D eigenvalue weighted by molar-refractivity contribution is 6.33. The van der Waals surface area contributed by atoms with E-state index < -0.39 is 5.82 Å². The van der Waals surface area contributed by atoms with E-state index in [-0.39, 0.29) is 23.2 Å². The molecule has 1 amide bonds. The van der Waals surface area contributed by atoms with Crippen LogP contribution in [0.2, 0.25) is 10.0 Å². The third-order valence-electron chi connectivity index (χ3n) is 4.11. The zero-order valence-electron chi connectivity index (χ0n) is 14.4. The van der Waals surface area contributed by atoms with Crippen LogP contribution in [0.25, 0.3) is 22.6 Å². The molecule has 0 unspecified atom stereocenters. The summed E-state index contributed by atoms with van der Waals surface area (Å²) in [7, 11) is 0. The number of oxazole rings is 1. The lowest BCUT2D eigenvalue weighted by atomic mass is 10.1. The normalized spacial score (nSPS) is 11.0. The molecule has 0 aliphatic heterocycles. The molecule has 4 rings (SSSR count). The molecule has 4 aromatic rings. The zero-order chi connectivity index (χ0) is 19.7. The van der Waals surface area contributed by atoms with E-state index in [1.807, 2.05) is 0 Å². The van der Waals surface area contributed by atoms with Crippen LogP contribution in [0, 0.1) is 5.82 Å². The van der Waals surface area contributed by atoms with Crippen molar-refractivity contribution in [2.75, 3.05) is 5.32 Å². The molecule has 0 atom stereocenters. The third kappa shape index (κ3) is 4.01. The van der Waals surface area contributed by atoms with Crippen LogP contribution in [-0.4, -0.2) is 10.9 Å². The summed E-state index contributed by atoms with van der Waals surface area (Å²) in [6, 6.07) is 16.2. The van der Waals surface area contributed by atoms with Crippen molar-refractivity contribution in [3.8, 4) is 11.5 Å². The fourth-order valence-corrected chi connectivity index (χ4v) is 3.15. The summed E-state index contributed by atoms with van der Waals surface area (Å²) >= 11 is 11.9. The van der Waals surface area contributed by atoms with Crippen LogP contribution < -0.4 is 5.32 Å². The molecule has 0 spiro atoms. The third-order valence-corrected chi connectivity index (χ3v) is 4.68. The maximum atomic E-state index is 13.2. The SMILES string of the molecule is O=C(Cc1ccc(Cl)cc1)Nc1ccc2oc(-c3ccc(F)cc3Cl)nc2c1. The molecule has 1 N–H and O–H groups in total. The molecule has 1 aromatic heterocycles. The molecule has 0 bridgehead atoms. The first-order chi connectivity index (χ1) is 13.5. The Balaban J connectivity index is 1.54. The van der Waals surface area contributed by atoms with E-state index in [2.05, 4.69) is 10.3 Å². The maximum absolute atomic E-state index is 13.2. The van der Waals surface area contributed by atoms with Gasteiger partial charge in [-0.05, 0) is 54.1 Å². The van der Waals surface area contributed by atoms with E-state index in [9.17, 15) is 9.18 Å². The van der Waals surface area contributed by atoms with Crippen LogP contribution in [0.15, 0.2) is 65.1 Å². The van der Waals surface area contributed by atoms with Gasteiger partial charge in [0.2, 0.25) is 11.8 Å². The Hall–Kier alpha value is -2.89. The Morgan fingerprint density at radius 1 is 1.04 bits per heavy atom. The lowest BCUT2D eigenvalue weighted by Crippen LogP contribution is -2.14. The van der Waals surface area contributed by atoms with Crippen molar-refractivity contribution in [2.45, 2.75) is 6.42 Å². The van der Waals surface area contributed by atoms with Crippen molar-refractivity contribution in [3.63, 3.8) is 0 Å². The number of halogens is 3. The predicted molar refractivity (Wildman–Crippen MR) is 108 cm³/mol. The highest BCUT2D eigenvalue weighted by Gasteiger charge is 2.13. The fourth-order valence-electron chi connectivity index (χ4n) is 2.78. The summed E-state index contributed by atoms with van der Waals surface area (Å²) in [5.41, 5.74) is 3.03. The van der Waals surface area contributed by atoms with Crippen molar-refractivity contribution in [3.05, 3.63) is 82.1 Å². The molecule has 0 aliphatic rings. The highest BCUT2D eigenvalue weighted by atomic mass is 35.5. The molecule has 0 aliphatic carbocycles. The molecule has 3 aromatic carbocycles. The van der Waals surface area contributed by atoms with Crippen LogP contribution in [0.4, 0.5) is 10.1 Å². The lowest BCUT2D eigenvalue weighted by Gasteiger charge is -2.05. The smallest absolute Gasteiger partial charge is 0.228 e. The largest absolute Gasteiger partial charge is 0.436 e. The number of fused-ring (bicyclic) bond motifs is 1. The number of nitrogens with one attached hydrogen (secondary N) is 1. The molecule has 1 heterocycles. The molecule has 28 heavy (non-hydrogen) atoms. The van der Waals surface area contributed by atoms with Gasteiger partial charge >= 0.3 is 0 Å². The van der Waals surface area contributed by atoms with E-state index >= 15 is 0 Å². The molecule has 7 heteroatoms. The van der Waals surface area contributed by atoms with E-state index in [4.69, 9.17) is 27.6 Å². The average Bonchev–Trinajstić information content (AvgIpc) is 3.06. The minimum Gasteiger partial charge on any atom is -0.436 e. The molecular weight excluding hydrogens is 402 g/mol. The van der Waals surface area contributed by atoms with Crippen LogP contribution in [-0.2, 0) is 11.2 Å². The second-order valence-electron chi connectivity index (χ2n) is 6.18. The van der Waals surface area contributed by atoms with Crippen molar-refractivity contribution >= 4 is 45.9 Å². The van der Waals surface area contributed by atoms with Gasteiger partial charge in [-0.2, -0.15) is 0 Å². The van der Waals surface area contributed by atoms with Crippen LogP contribution >= 0.6 is 23.2 Å². The van der Waals surface area contributed by atoms with E-state index in [1.165, 1.54) is 18.2 Å². The molecule has 0 fully saturated rings. The van der Waals surface area contributed by atoms with Gasteiger partial charge in [0, 0.05) is 10.7 Å². The Morgan fingerprint density at radius 3 is 2.57 bits per heavy atom. The second kappa shape index (κ2) is 7.62. The van der Waals surface area contributed by atoms with Gasteiger partial charge in [0.1, 0.15) is 11.3 Å². The van der Waals surface area contributed by atoms with Gasteiger partial charge in [0.05, 0.1) is 17.0 Å². The number of nitrogens with zero attached hydrogens (tertiary/aromatic N) is 1. The Bertz CT molecular complexity index is 1170. The summed E-state index contributed by atoms with van der Waals surface area (Å²) in [4.78, 5) is 16.7. The molecule has 0 saturated heterocycles. The van der Waals surface area contributed by atoms with Gasteiger partial charge in [-0.15, -0.1) is 0 Å². The Labute approximate surface area is 169 Å². The standard InChI is InChI=1S/C21H13Cl2FN2O2/c22-13-3-1-12(2-4-13)9-20(27)25-15-6-8-19-18(11-15)26-21(28-19)16-7-5-14(24)10-17(16)23/h1-8,10-11H,9H2,(H,25,27). The topological polar surface area (TPSA) is 55.1 Å². The predicted octanol–water partition coefficient (Wildman–Crippen LogP) is 6.12. The van der Waals surface area contributed by atoms with Crippen molar-refractivity contribution in [2.24, 2.45) is 0 Å². The average molecular weight is 415 g/mol. The summed E-state index contributed by atoms with van der Waals surface area (Å²) in [5.74, 6) is -0.313. The lowest BCUT2D eigenvalue weighted by molar-refractivity contribution is -0.115. The summed E-state index contributed by atoms with van der Waals surface area (Å²) < 4.78 is 18.9. The van der Waals surface area contributed by atoms with Gasteiger partial charge < -0.3 is 9.73 Å². The highest BCUT2D eigenvalue weighted by Crippen LogP contribution is 2.31. The summed E-state index contributed by atoms with van der Waals surface area (Å²) in [6.45, 7) is 0. The van der Waals surface area contributed by atoms with Gasteiger partial charge in [0.25, 0.3) is 0 Å². The van der Waals surface area contributed by atoms with Crippen LogP contribution in [0.3, 0.4) is 0 Å². The van der Waals surface area contributed by atoms with Gasteiger partial charge in [-0.3, -0.25) is 4.79 Å². The quantitative estimate of drug-likeness (QED) is 0.437. The Kier molecular flexibility index (Phi) is 5.03. The molecule has 140 valence electrons. The van der Waals surface area contributed by atoms with Gasteiger partial charge in [0.15, 0.2) is 5.58 Å². The molecular formula is C21H13Cl2FN2O2. The summed E-state index contributed by atoms with van der Waals surface area (Å²) in [5, 5.41) is 3.67. The first-order valence-corrected chi connectivity index (χ1v) is 9.14. The van der Waals surface area contributed by atoms with Gasteiger partial charge in [-0.25, -0.2) is 9.37 Å². The molecule has 0 radical (unpaired) electrons. The first-order valence-electron chi connectivity index (χ1n) is 8.38. The van der Waals surface area contributed by atoms with Crippen LogP contribution in [0.1, 0.15) is 5.56 Å². The number of anilines is 1. The van der Waals surface area contributed by atoms with E-state index in [0.717, 1.165) is 5.56 Å². The number of rotatable bonds is 4. The first kappa shape index (κ1) is 18.5. The Morgan fingerprint density at radius 2 is 1.82 bits per heavy atom. The second-order valence-corrected chi connectivity index (χ2v) is 7.02. The number of carbonyl (C=O) groups excluding carboxylic acids is 1. The van der Waals surface area contributed by atoms with Crippen molar-refractivity contribution in [1.29, 1.82) is 0 Å². The van der Waals surface area contributed by atoms with Crippen molar-refractivity contribution in [1.82, 2.24) is 4.98 Å². The van der Waals surface area contributed by atoms with E-state index in [1.54, 1.807) is 42.5 Å². The molecule has 0 saturated carbocycles. The minimum atomic E-state index is -0.435. The number of carbonyl (C=O) groups is 1. The van der Waals surface area contributed by atoms with E-state index in [0.29, 0.717) is 27.4 Å². The number of benzene rings is 3. The summed E-state index contributed by atoms with van der Waals surface area (Å²) in [6.07, 6.45) is 0.227. The van der Waals surface area contributed by atoms with Crippen LogP contribution in [0.5, 0.6) is 0 Å². The molecule has 4 nitrogen and oxygen atoms in total. The number of amides is 1. The number of hydrogen-bond acceptors (Lipinski definition) is 3. The monoisotopic (exact) mass is 414 g/mol.